The van der Waals surface area contributed by atoms with Gasteiger partial charge in [0.2, 0.25) is 0 Å². The van der Waals surface area contributed by atoms with Gasteiger partial charge in [-0.1, -0.05) is 6.92 Å². The maximum Gasteiger partial charge on any atom is 0.118 e. The molecule has 0 saturated carbocycles. The van der Waals surface area contributed by atoms with E-state index in [0.29, 0.717) is 6.54 Å². The van der Waals surface area contributed by atoms with Crippen LogP contribution in [0, 0.1) is 0 Å². The molecular formula is C14H18N2OS. The van der Waals surface area contributed by atoms with Crippen LogP contribution in [-0.2, 0) is 12.8 Å². The van der Waals surface area contributed by atoms with E-state index in [2.05, 4.69) is 6.92 Å². The largest absolute Gasteiger partial charge is 0.497 e. The van der Waals surface area contributed by atoms with Crippen LogP contribution in [0.5, 0.6) is 5.75 Å². The molecule has 2 N–H and O–H groups in total. The number of rotatable bonds is 5. The van der Waals surface area contributed by atoms with E-state index >= 15 is 0 Å². The number of ether oxygens (including phenoxy) is 1. The molecule has 0 aliphatic rings. The summed E-state index contributed by atoms with van der Waals surface area (Å²) in [6.07, 6.45) is 1.86. The van der Waals surface area contributed by atoms with Crippen molar-refractivity contribution in [3.8, 4) is 17.0 Å². The lowest BCUT2D eigenvalue weighted by Crippen LogP contribution is -2.02. The van der Waals surface area contributed by atoms with Gasteiger partial charge in [-0.3, -0.25) is 0 Å². The van der Waals surface area contributed by atoms with Gasteiger partial charge < -0.3 is 10.5 Å². The topological polar surface area (TPSA) is 48.1 Å². The van der Waals surface area contributed by atoms with Crippen molar-refractivity contribution in [1.29, 1.82) is 0 Å². The Morgan fingerprint density at radius 1 is 1.28 bits per heavy atom. The average Bonchev–Trinajstić information content (AvgIpc) is 2.82. The summed E-state index contributed by atoms with van der Waals surface area (Å²) in [5, 5.41) is 1.17. The fourth-order valence-electron chi connectivity index (χ4n) is 1.83. The molecule has 18 heavy (non-hydrogen) atoms. The number of methoxy groups -OCH3 is 1. The molecule has 4 heteroatoms. The van der Waals surface area contributed by atoms with Crippen LogP contribution in [0.1, 0.15) is 16.8 Å². The second-order valence-corrected chi connectivity index (χ2v) is 5.17. The van der Waals surface area contributed by atoms with E-state index < -0.39 is 0 Å². The summed E-state index contributed by atoms with van der Waals surface area (Å²) in [5.74, 6) is 0.866. The summed E-state index contributed by atoms with van der Waals surface area (Å²) in [7, 11) is 1.67. The molecular weight excluding hydrogens is 244 g/mol. The molecule has 0 atom stereocenters. The predicted octanol–water partition coefficient (Wildman–Crippen LogP) is 2.88. The second kappa shape index (κ2) is 5.98. The highest BCUT2D eigenvalue weighted by atomic mass is 32.1. The minimum atomic E-state index is 0.661. The molecule has 0 unspecified atom stereocenters. The first-order valence-corrected chi connectivity index (χ1v) is 6.93. The third-order valence-corrected chi connectivity index (χ3v) is 4.04. The minimum Gasteiger partial charge on any atom is -0.497 e. The molecule has 0 saturated heterocycles. The van der Waals surface area contributed by atoms with Gasteiger partial charge in [-0.15, -0.1) is 11.3 Å². The number of hydrogen-bond acceptors (Lipinski definition) is 4. The van der Waals surface area contributed by atoms with Crippen molar-refractivity contribution in [2.45, 2.75) is 19.8 Å². The molecule has 3 nitrogen and oxygen atoms in total. The zero-order chi connectivity index (χ0) is 13.0. The third kappa shape index (κ3) is 2.71. The molecule has 0 amide bonds. The molecule has 96 valence electrons. The quantitative estimate of drug-likeness (QED) is 0.901. The average molecular weight is 262 g/mol. The molecule has 0 radical (unpaired) electrons. The molecule has 0 bridgehead atoms. The van der Waals surface area contributed by atoms with Gasteiger partial charge in [0.15, 0.2) is 0 Å². The molecule has 0 spiro atoms. The highest BCUT2D eigenvalue weighted by Crippen LogP contribution is 2.30. The van der Waals surface area contributed by atoms with Gasteiger partial charge in [-0.2, -0.15) is 0 Å². The molecule has 0 aliphatic carbocycles. The van der Waals surface area contributed by atoms with E-state index in [1.54, 1.807) is 18.4 Å². The summed E-state index contributed by atoms with van der Waals surface area (Å²) < 4.78 is 5.17. The monoisotopic (exact) mass is 262 g/mol. The molecule has 1 aromatic heterocycles. The number of benzene rings is 1. The Bertz CT molecular complexity index is 505. The summed E-state index contributed by atoms with van der Waals surface area (Å²) in [4.78, 5) is 5.97. The Labute approximate surface area is 112 Å². The van der Waals surface area contributed by atoms with Crippen LogP contribution in [0.3, 0.4) is 0 Å². The van der Waals surface area contributed by atoms with Gasteiger partial charge in [-0.25, -0.2) is 4.98 Å². The standard InChI is InChI=1S/C14H18N2OS/c1-3-13-16-14(12(18-13)8-9-15)10-4-6-11(17-2)7-5-10/h4-7H,3,8-9,15H2,1-2H3. The number of aromatic nitrogens is 1. The normalized spacial score (nSPS) is 10.6. The van der Waals surface area contributed by atoms with Crippen molar-refractivity contribution < 1.29 is 4.74 Å². The van der Waals surface area contributed by atoms with Crippen LogP contribution in [0.15, 0.2) is 24.3 Å². The molecule has 2 rings (SSSR count). The minimum absolute atomic E-state index is 0.661. The first-order valence-electron chi connectivity index (χ1n) is 6.11. The molecule has 1 heterocycles. The lowest BCUT2D eigenvalue weighted by atomic mass is 10.1. The highest BCUT2D eigenvalue weighted by molar-refractivity contribution is 7.12. The van der Waals surface area contributed by atoms with Crippen molar-refractivity contribution in [2.75, 3.05) is 13.7 Å². The van der Waals surface area contributed by atoms with Crippen LogP contribution in [0.25, 0.3) is 11.3 Å². The number of nitrogens with two attached hydrogens (primary N) is 1. The summed E-state index contributed by atoms with van der Waals surface area (Å²) in [6.45, 7) is 2.79. The lowest BCUT2D eigenvalue weighted by Gasteiger charge is -2.03. The molecule has 0 fully saturated rings. The molecule has 2 aromatic rings. The number of thiazole rings is 1. The van der Waals surface area contributed by atoms with E-state index in [4.69, 9.17) is 15.5 Å². The van der Waals surface area contributed by atoms with Crippen molar-refractivity contribution in [3.05, 3.63) is 34.2 Å². The Hall–Kier alpha value is -1.39. The van der Waals surface area contributed by atoms with Crippen molar-refractivity contribution in [1.82, 2.24) is 4.98 Å². The summed E-state index contributed by atoms with van der Waals surface area (Å²) in [5.41, 5.74) is 7.87. The van der Waals surface area contributed by atoms with Gasteiger partial charge in [0, 0.05) is 10.4 Å². The smallest absolute Gasteiger partial charge is 0.118 e. The van der Waals surface area contributed by atoms with Crippen LogP contribution in [0.4, 0.5) is 0 Å². The van der Waals surface area contributed by atoms with Gasteiger partial charge >= 0.3 is 0 Å². The van der Waals surface area contributed by atoms with Crippen molar-refractivity contribution >= 4 is 11.3 Å². The van der Waals surface area contributed by atoms with E-state index in [9.17, 15) is 0 Å². The second-order valence-electron chi connectivity index (χ2n) is 4.00. The third-order valence-electron chi connectivity index (χ3n) is 2.78. The SMILES string of the molecule is CCc1nc(-c2ccc(OC)cc2)c(CCN)s1. The Balaban J connectivity index is 2.37. The first-order chi connectivity index (χ1) is 8.78. The van der Waals surface area contributed by atoms with Crippen LogP contribution in [-0.4, -0.2) is 18.6 Å². The number of hydrogen-bond donors (Lipinski definition) is 1. The summed E-state index contributed by atoms with van der Waals surface area (Å²) in [6, 6.07) is 8.03. The van der Waals surface area contributed by atoms with Gasteiger partial charge in [0.1, 0.15) is 5.75 Å². The van der Waals surface area contributed by atoms with Gasteiger partial charge in [-0.05, 0) is 43.7 Å². The van der Waals surface area contributed by atoms with Crippen LogP contribution in [0.2, 0.25) is 0 Å². The lowest BCUT2D eigenvalue weighted by molar-refractivity contribution is 0.415. The number of aryl methyl sites for hydroxylation is 1. The first kappa shape index (κ1) is 13.1. The summed E-state index contributed by atoms with van der Waals surface area (Å²) >= 11 is 1.77. The maximum atomic E-state index is 5.66. The van der Waals surface area contributed by atoms with Crippen molar-refractivity contribution in [2.24, 2.45) is 5.73 Å². The van der Waals surface area contributed by atoms with Crippen molar-refractivity contribution in [3.63, 3.8) is 0 Å². The van der Waals surface area contributed by atoms with Crippen LogP contribution >= 0.6 is 11.3 Å². The van der Waals surface area contributed by atoms with Gasteiger partial charge in [0.05, 0.1) is 17.8 Å². The molecule has 1 aromatic carbocycles. The maximum absolute atomic E-state index is 5.66. The highest BCUT2D eigenvalue weighted by Gasteiger charge is 2.11. The van der Waals surface area contributed by atoms with E-state index in [1.165, 1.54) is 9.88 Å². The van der Waals surface area contributed by atoms with Crippen LogP contribution < -0.4 is 10.5 Å². The Morgan fingerprint density at radius 3 is 2.56 bits per heavy atom. The number of nitrogens with zero attached hydrogens (tertiary/aromatic N) is 1. The Kier molecular flexibility index (Phi) is 4.33. The Morgan fingerprint density at radius 2 is 2.00 bits per heavy atom. The zero-order valence-electron chi connectivity index (χ0n) is 10.8. The fraction of sp³-hybridized carbons (Fsp3) is 0.357. The molecule has 0 aliphatic heterocycles. The van der Waals surface area contributed by atoms with E-state index in [-0.39, 0.29) is 0 Å². The van der Waals surface area contributed by atoms with Gasteiger partial charge in [0.25, 0.3) is 0 Å². The predicted molar refractivity (Wildman–Crippen MR) is 76.2 cm³/mol. The van der Waals surface area contributed by atoms with E-state index in [1.807, 2.05) is 24.3 Å². The zero-order valence-corrected chi connectivity index (χ0v) is 11.6. The fourth-order valence-corrected chi connectivity index (χ4v) is 2.87. The van der Waals surface area contributed by atoms with E-state index in [0.717, 1.165) is 29.8 Å².